The molecule has 0 amide bonds. The highest BCUT2D eigenvalue weighted by Gasteiger charge is 2.26. The molecule has 0 spiro atoms. The predicted molar refractivity (Wildman–Crippen MR) is 69.9 cm³/mol. The second kappa shape index (κ2) is 4.89. The fourth-order valence-electron chi connectivity index (χ4n) is 2.69. The number of allylic oxidation sites excluding steroid dienone is 2. The Hall–Kier alpha value is -1.34. The molecular formula is C16H18O. The van der Waals surface area contributed by atoms with E-state index in [1.165, 1.54) is 17.6 Å². The van der Waals surface area contributed by atoms with Gasteiger partial charge in [0.25, 0.3) is 0 Å². The molecule has 2 unspecified atom stereocenters. The Morgan fingerprint density at radius 3 is 2.94 bits per heavy atom. The average molecular weight is 226 g/mol. The van der Waals surface area contributed by atoms with Crippen LogP contribution in [0.2, 0.25) is 0 Å². The molecule has 0 radical (unpaired) electrons. The molecule has 1 heterocycles. The number of fused-ring (bicyclic) bond motifs is 1. The Labute approximate surface area is 103 Å². The molecule has 1 aliphatic heterocycles. The van der Waals surface area contributed by atoms with Gasteiger partial charge in [-0.3, -0.25) is 0 Å². The van der Waals surface area contributed by atoms with Crippen molar-refractivity contribution in [1.29, 1.82) is 0 Å². The van der Waals surface area contributed by atoms with E-state index in [9.17, 15) is 0 Å². The highest BCUT2D eigenvalue weighted by Crippen LogP contribution is 2.30. The van der Waals surface area contributed by atoms with Crippen molar-refractivity contribution in [3.05, 3.63) is 59.7 Å². The van der Waals surface area contributed by atoms with Gasteiger partial charge in [0.15, 0.2) is 0 Å². The maximum absolute atomic E-state index is 6.17. The first kappa shape index (κ1) is 10.8. The molecule has 0 bridgehead atoms. The second-order valence-electron chi connectivity index (χ2n) is 4.88. The van der Waals surface area contributed by atoms with Crippen molar-refractivity contribution in [3.8, 4) is 0 Å². The summed E-state index contributed by atoms with van der Waals surface area (Å²) < 4.78 is 6.17. The minimum absolute atomic E-state index is 0.350. The molecule has 88 valence electrons. The van der Waals surface area contributed by atoms with Crippen LogP contribution in [0.4, 0.5) is 0 Å². The Bertz CT molecular complexity index is 430. The van der Waals surface area contributed by atoms with E-state index in [2.05, 4.69) is 48.6 Å². The lowest BCUT2D eigenvalue weighted by Crippen LogP contribution is -2.31. The third-order valence-corrected chi connectivity index (χ3v) is 3.63. The Morgan fingerprint density at radius 2 is 2.06 bits per heavy atom. The number of hydrogen-bond acceptors (Lipinski definition) is 1. The summed E-state index contributed by atoms with van der Waals surface area (Å²) in [6.45, 7) is 0. The van der Waals surface area contributed by atoms with E-state index in [-0.39, 0.29) is 0 Å². The molecular weight excluding hydrogens is 208 g/mol. The van der Waals surface area contributed by atoms with Crippen LogP contribution in [0.15, 0.2) is 54.1 Å². The third kappa shape index (κ3) is 2.50. The van der Waals surface area contributed by atoms with E-state index < -0.39 is 0 Å². The maximum atomic E-state index is 6.17. The summed E-state index contributed by atoms with van der Waals surface area (Å²) in [6.07, 6.45) is 11.8. The summed E-state index contributed by atoms with van der Waals surface area (Å²) in [4.78, 5) is 0. The molecule has 1 saturated heterocycles. The predicted octanol–water partition coefficient (Wildman–Crippen LogP) is 3.66. The van der Waals surface area contributed by atoms with Gasteiger partial charge in [0, 0.05) is 0 Å². The fourth-order valence-corrected chi connectivity index (χ4v) is 2.69. The second-order valence-corrected chi connectivity index (χ2v) is 4.88. The summed E-state index contributed by atoms with van der Waals surface area (Å²) in [5, 5.41) is 0. The van der Waals surface area contributed by atoms with Crippen molar-refractivity contribution in [2.24, 2.45) is 0 Å². The van der Waals surface area contributed by atoms with Crippen LogP contribution in [0, 0.1) is 0 Å². The Balaban J connectivity index is 1.64. The number of hydrogen-bond donors (Lipinski definition) is 0. The van der Waals surface area contributed by atoms with Crippen LogP contribution in [-0.2, 0) is 11.2 Å². The van der Waals surface area contributed by atoms with Crippen LogP contribution in [0.3, 0.4) is 0 Å². The first-order valence-electron chi connectivity index (χ1n) is 6.47. The first-order chi connectivity index (χ1) is 8.42. The lowest BCUT2D eigenvalue weighted by atomic mass is 9.91. The number of ether oxygens (including phenoxy) is 1. The van der Waals surface area contributed by atoms with Gasteiger partial charge in [-0.2, -0.15) is 0 Å². The summed E-state index contributed by atoms with van der Waals surface area (Å²) >= 11 is 0. The monoisotopic (exact) mass is 226 g/mol. The van der Waals surface area contributed by atoms with Gasteiger partial charge >= 0.3 is 0 Å². The zero-order chi connectivity index (χ0) is 11.5. The topological polar surface area (TPSA) is 9.23 Å². The summed E-state index contributed by atoms with van der Waals surface area (Å²) in [5.41, 5.74) is 2.87. The standard InChI is InChI=1S/C16H18O/c1-2-6-13(7-3-1)12-15-11-10-14-8-4-5-9-16(14)17-15/h1-8,15-16H,9-12H2. The van der Waals surface area contributed by atoms with Crippen LogP contribution in [0.5, 0.6) is 0 Å². The van der Waals surface area contributed by atoms with Crippen LogP contribution in [0.25, 0.3) is 0 Å². The SMILES string of the molecule is C1=CCC2OC(Cc3ccccc3)CCC2=C1. The van der Waals surface area contributed by atoms with Crippen molar-refractivity contribution in [1.82, 2.24) is 0 Å². The van der Waals surface area contributed by atoms with Gasteiger partial charge in [-0.25, -0.2) is 0 Å². The van der Waals surface area contributed by atoms with Gasteiger partial charge in [0.05, 0.1) is 12.2 Å². The molecule has 3 rings (SSSR count). The third-order valence-electron chi connectivity index (χ3n) is 3.63. The fraction of sp³-hybridized carbons (Fsp3) is 0.375. The molecule has 1 nitrogen and oxygen atoms in total. The van der Waals surface area contributed by atoms with Gasteiger partial charge < -0.3 is 4.74 Å². The molecule has 2 aliphatic rings. The molecule has 1 aromatic rings. The highest BCUT2D eigenvalue weighted by atomic mass is 16.5. The van der Waals surface area contributed by atoms with E-state index >= 15 is 0 Å². The molecule has 1 fully saturated rings. The van der Waals surface area contributed by atoms with Crippen LogP contribution in [-0.4, -0.2) is 12.2 Å². The molecule has 0 saturated carbocycles. The van der Waals surface area contributed by atoms with Gasteiger partial charge in [-0.05, 0) is 36.8 Å². The summed E-state index contributed by atoms with van der Waals surface area (Å²) in [7, 11) is 0. The van der Waals surface area contributed by atoms with Gasteiger partial charge in [-0.1, -0.05) is 48.6 Å². The van der Waals surface area contributed by atoms with Crippen molar-refractivity contribution < 1.29 is 4.74 Å². The lowest BCUT2D eigenvalue weighted by Gasteiger charge is -2.33. The molecule has 1 heteroatoms. The van der Waals surface area contributed by atoms with Crippen molar-refractivity contribution in [3.63, 3.8) is 0 Å². The average Bonchev–Trinajstić information content (AvgIpc) is 2.40. The highest BCUT2D eigenvalue weighted by molar-refractivity contribution is 5.24. The molecule has 17 heavy (non-hydrogen) atoms. The van der Waals surface area contributed by atoms with Gasteiger partial charge in [0.2, 0.25) is 0 Å². The van der Waals surface area contributed by atoms with Crippen LogP contribution in [0.1, 0.15) is 24.8 Å². The quantitative estimate of drug-likeness (QED) is 0.747. The van der Waals surface area contributed by atoms with Gasteiger partial charge in [0.1, 0.15) is 0 Å². The largest absolute Gasteiger partial charge is 0.370 e. The normalized spacial score (nSPS) is 27.4. The zero-order valence-corrected chi connectivity index (χ0v) is 10.0. The molecule has 0 N–H and O–H groups in total. The maximum Gasteiger partial charge on any atom is 0.0826 e. The van der Waals surface area contributed by atoms with Crippen molar-refractivity contribution in [2.45, 2.75) is 37.9 Å². The van der Waals surface area contributed by atoms with Crippen LogP contribution < -0.4 is 0 Å². The minimum atomic E-state index is 0.350. The smallest absolute Gasteiger partial charge is 0.0826 e. The lowest BCUT2D eigenvalue weighted by molar-refractivity contribution is -0.0171. The zero-order valence-electron chi connectivity index (χ0n) is 10.0. The van der Waals surface area contributed by atoms with Crippen molar-refractivity contribution in [2.75, 3.05) is 0 Å². The number of rotatable bonds is 2. The van der Waals surface area contributed by atoms with E-state index in [4.69, 9.17) is 4.74 Å². The van der Waals surface area contributed by atoms with E-state index in [1.54, 1.807) is 0 Å². The molecule has 0 aromatic heterocycles. The minimum Gasteiger partial charge on any atom is -0.370 e. The van der Waals surface area contributed by atoms with E-state index in [0.29, 0.717) is 12.2 Å². The van der Waals surface area contributed by atoms with Gasteiger partial charge in [-0.15, -0.1) is 0 Å². The Morgan fingerprint density at radius 1 is 1.18 bits per heavy atom. The van der Waals surface area contributed by atoms with E-state index in [1.807, 2.05) is 0 Å². The first-order valence-corrected chi connectivity index (χ1v) is 6.47. The summed E-state index contributed by atoms with van der Waals surface area (Å²) in [5.74, 6) is 0. The Kier molecular flexibility index (Phi) is 3.10. The van der Waals surface area contributed by atoms with E-state index in [0.717, 1.165) is 19.3 Å². The molecule has 2 atom stereocenters. The van der Waals surface area contributed by atoms with Crippen LogP contribution >= 0.6 is 0 Å². The molecule has 1 aromatic carbocycles. The summed E-state index contributed by atoms with van der Waals surface area (Å²) in [6, 6.07) is 10.7. The molecule has 1 aliphatic carbocycles. The number of benzene rings is 1. The van der Waals surface area contributed by atoms with Crippen molar-refractivity contribution >= 4 is 0 Å².